The van der Waals surface area contributed by atoms with E-state index < -0.39 is 0 Å². The average Bonchev–Trinajstić information content (AvgIpc) is 3.25. The van der Waals surface area contributed by atoms with E-state index in [4.69, 9.17) is 0 Å². The molecule has 3 aliphatic rings. The number of nitrogens with zero attached hydrogens (tertiary/aromatic N) is 7. The molecular formula is C19H25N7O2. The number of likely N-dealkylation sites (tertiary alicyclic amines) is 2. The highest BCUT2D eigenvalue weighted by molar-refractivity contribution is 5.84. The molecular weight excluding hydrogens is 358 g/mol. The predicted molar refractivity (Wildman–Crippen MR) is 101 cm³/mol. The summed E-state index contributed by atoms with van der Waals surface area (Å²) in [6.07, 6.45) is 8.29. The Morgan fingerprint density at radius 1 is 1.00 bits per heavy atom. The van der Waals surface area contributed by atoms with Crippen LogP contribution >= 0.6 is 0 Å². The number of amides is 1. The third-order valence-electron chi connectivity index (χ3n) is 6.23. The van der Waals surface area contributed by atoms with Crippen LogP contribution in [0.3, 0.4) is 0 Å². The maximum Gasteiger partial charge on any atom is 0.266 e. The highest BCUT2D eigenvalue weighted by atomic mass is 16.2. The Morgan fingerprint density at radius 2 is 1.82 bits per heavy atom. The maximum absolute atomic E-state index is 12.7. The largest absolute Gasteiger partial charge is 0.338 e. The van der Waals surface area contributed by atoms with Crippen LogP contribution < -0.4 is 5.56 Å². The van der Waals surface area contributed by atoms with Crippen LogP contribution in [0.2, 0.25) is 0 Å². The lowest BCUT2D eigenvalue weighted by atomic mass is 9.95. The number of hydrogen-bond acceptors (Lipinski definition) is 6. The minimum atomic E-state index is -0.0997. The summed E-state index contributed by atoms with van der Waals surface area (Å²) in [5, 5.41) is 8.52. The first-order chi connectivity index (χ1) is 13.7. The molecule has 0 spiro atoms. The molecule has 28 heavy (non-hydrogen) atoms. The quantitative estimate of drug-likeness (QED) is 0.738. The highest BCUT2D eigenvalue weighted by Gasteiger charge is 2.43. The van der Waals surface area contributed by atoms with Crippen molar-refractivity contribution < 1.29 is 4.79 Å². The second-order valence-corrected chi connectivity index (χ2v) is 8.10. The standard InChI is InChI=1S/C19H25N7O2/c27-18-4-3-17(26-13-20-12-21-26)22-25(18)11-14-5-8-23(9-6-14)16-7-10-24(19(16)28)15-1-2-15/h3-4,12-16H,1-2,5-11H2. The van der Waals surface area contributed by atoms with Gasteiger partial charge in [0, 0.05) is 25.2 Å². The zero-order valence-electron chi connectivity index (χ0n) is 15.9. The summed E-state index contributed by atoms with van der Waals surface area (Å²) < 4.78 is 3.09. The number of piperidine rings is 1. The lowest BCUT2D eigenvalue weighted by Crippen LogP contribution is -2.46. The Balaban J connectivity index is 1.20. The summed E-state index contributed by atoms with van der Waals surface area (Å²) in [6, 6.07) is 3.78. The van der Waals surface area contributed by atoms with Crippen molar-refractivity contribution >= 4 is 5.91 Å². The summed E-state index contributed by atoms with van der Waals surface area (Å²) in [7, 11) is 0. The van der Waals surface area contributed by atoms with Crippen LogP contribution in [0.5, 0.6) is 0 Å². The molecule has 2 saturated heterocycles. The molecule has 0 N–H and O–H groups in total. The minimum absolute atomic E-state index is 0.0676. The summed E-state index contributed by atoms with van der Waals surface area (Å²) in [4.78, 5) is 33.3. The van der Waals surface area contributed by atoms with E-state index in [1.807, 2.05) is 0 Å². The summed E-state index contributed by atoms with van der Waals surface area (Å²) >= 11 is 0. The molecule has 148 valence electrons. The molecule has 2 aliphatic heterocycles. The van der Waals surface area contributed by atoms with E-state index in [-0.39, 0.29) is 11.6 Å². The van der Waals surface area contributed by atoms with Gasteiger partial charge in [0.1, 0.15) is 12.7 Å². The molecule has 1 aliphatic carbocycles. The molecule has 4 heterocycles. The van der Waals surface area contributed by atoms with Gasteiger partial charge in [0.05, 0.1) is 6.04 Å². The smallest absolute Gasteiger partial charge is 0.266 e. The van der Waals surface area contributed by atoms with Gasteiger partial charge in [0.25, 0.3) is 5.56 Å². The molecule has 1 amide bonds. The Labute approximate surface area is 163 Å². The van der Waals surface area contributed by atoms with Crippen LogP contribution in [0.25, 0.3) is 5.82 Å². The molecule has 0 bridgehead atoms. The van der Waals surface area contributed by atoms with Crippen molar-refractivity contribution in [2.45, 2.75) is 50.7 Å². The Kier molecular flexibility index (Phi) is 4.46. The second kappa shape index (κ2) is 7.12. The molecule has 1 saturated carbocycles. The van der Waals surface area contributed by atoms with Crippen molar-refractivity contribution in [3.63, 3.8) is 0 Å². The summed E-state index contributed by atoms with van der Waals surface area (Å²) in [5.41, 5.74) is -0.0997. The number of hydrogen-bond donors (Lipinski definition) is 0. The SMILES string of the molecule is O=C1C(N2CCC(Cn3nc(-n4cncn4)ccc3=O)CC2)CCN1C1CC1. The second-order valence-electron chi connectivity index (χ2n) is 8.10. The summed E-state index contributed by atoms with van der Waals surface area (Å²) in [5.74, 6) is 1.31. The monoisotopic (exact) mass is 383 g/mol. The van der Waals surface area contributed by atoms with E-state index in [9.17, 15) is 9.59 Å². The van der Waals surface area contributed by atoms with Crippen LogP contribution in [0, 0.1) is 5.92 Å². The van der Waals surface area contributed by atoms with Crippen molar-refractivity contribution in [3.05, 3.63) is 35.1 Å². The van der Waals surface area contributed by atoms with Crippen LogP contribution in [0.1, 0.15) is 32.1 Å². The number of aromatic nitrogens is 5. The van der Waals surface area contributed by atoms with E-state index in [0.717, 1.165) is 38.9 Å². The molecule has 0 radical (unpaired) electrons. The molecule has 1 unspecified atom stereocenters. The third kappa shape index (κ3) is 3.34. The molecule has 0 aromatic carbocycles. The van der Waals surface area contributed by atoms with Gasteiger partial charge in [0.15, 0.2) is 5.82 Å². The molecule has 1 atom stereocenters. The lowest BCUT2D eigenvalue weighted by molar-refractivity contribution is -0.133. The Morgan fingerprint density at radius 3 is 2.54 bits per heavy atom. The third-order valence-corrected chi connectivity index (χ3v) is 6.23. The first-order valence-electron chi connectivity index (χ1n) is 10.2. The molecule has 5 rings (SSSR count). The van der Waals surface area contributed by atoms with Gasteiger partial charge >= 0.3 is 0 Å². The first kappa shape index (κ1) is 17.5. The van der Waals surface area contributed by atoms with E-state index in [2.05, 4.69) is 25.0 Å². The molecule has 3 fully saturated rings. The van der Waals surface area contributed by atoms with E-state index in [0.29, 0.717) is 30.2 Å². The van der Waals surface area contributed by atoms with Crippen molar-refractivity contribution in [1.29, 1.82) is 0 Å². The first-order valence-corrected chi connectivity index (χ1v) is 10.2. The molecule has 2 aromatic rings. The topological polar surface area (TPSA) is 89.1 Å². The van der Waals surface area contributed by atoms with Gasteiger partial charge in [0.2, 0.25) is 5.91 Å². The highest BCUT2D eigenvalue weighted by Crippen LogP contribution is 2.33. The lowest BCUT2D eigenvalue weighted by Gasteiger charge is -2.35. The van der Waals surface area contributed by atoms with Gasteiger partial charge in [-0.1, -0.05) is 0 Å². The van der Waals surface area contributed by atoms with Crippen molar-refractivity contribution in [3.8, 4) is 5.82 Å². The number of carbonyl (C=O) groups excluding carboxylic acids is 1. The Hall–Kier alpha value is -2.55. The normalized spacial score (nSPS) is 24.2. The van der Waals surface area contributed by atoms with Gasteiger partial charge < -0.3 is 4.90 Å². The molecule has 9 heteroatoms. The molecule has 2 aromatic heterocycles. The average molecular weight is 383 g/mol. The van der Waals surface area contributed by atoms with Crippen molar-refractivity contribution in [1.82, 2.24) is 34.3 Å². The molecule has 9 nitrogen and oxygen atoms in total. The predicted octanol–water partition coefficient (Wildman–Crippen LogP) is 0.299. The fraction of sp³-hybridized carbons (Fsp3) is 0.632. The van der Waals surface area contributed by atoms with Crippen molar-refractivity contribution in [2.75, 3.05) is 19.6 Å². The van der Waals surface area contributed by atoms with Crippen LogP contribution in [-0.4, -0.2) is 72.0 Å². The zero-order valence-corrected chi connectivity index (χ0v) is 15.9. The fourth-order valence-corrected chi connectivity index (χ4v) is 4.48. The van der Waals surface area contributed by atoms with Gasteiger partial charge in [-0.25, -0.2) is 14.3 Å². The fourth-order valence-electron chi connectivity index (χ4n) is 4.48. The van der Waals surface area contributed by atoms with E-state index in [1.165, 1.54) is 29.9 Å². The van der Waals surface area contributed by atoms with Crippen molar-refractivity contribution in [2.24, 2.45) is 5.92 Å². The van der Waals surface area contributed by atoms with Gasteiger partial charge in [-0.05, 0) is 57.2 Å². The van der Waals surface area contributed by atoms with E-state index >= 15 is 0 Å². The van der Waals surface area contributed by atoms with Crippen LogP contribution in [-0.2, 0) is 11.3 Å². The van der Waals surface area contributed by atoms with Crippen LogP contribution in [0.15, 0.2) is 29.6 Å². The van der Waals surface area contributed by atoms with Gasteiger partial charge in [-0.15, -0.1) is 5.10 Å². The number of carbonyl (C=O) groups is 1. The van der Waals surface area contributed by atoms with E-state index in [1.54, 1.807) is 17.1 Å². The number of rotatable bonds is 5. The maximum atomic E-state index is 12.7. The minimum Gasteiger partial charge on any atom is -0.338 e. The van der Waals surface area contributed by atoms with Gasteiger partial charge in [-0.3, -0.25) is 14.5 Å². The van der Waals surface area contributed by atoms with Crippen LogP contribution in [0.4, 0.5) is 0 Å². The Bertz CT molecular complexity index is 897. The van der Waals surface area contributed by atoms with Gasteiger partial charge in [-0.2, -0.15) is 5.10 Å². The summed E-state index contributed by atoms with van der Waals surface area (Å²) in [6.45, 7) is 3.35. The zero-order chi connectivity index (χ0) is 19.1.